The Labute approximate surface area is 116 Å². The molecule has 100 valence electrons. The van der Waals surface area contributed by atoms with Crippen LogP contribution in [0.15, 0.2) is 27.4 Å². The van der Waals surface area contributed by atoms with Crippen molar-refractivity contribution in [3.05, 3.63) is 38.9 Å². The summed E-state index contributed by atoms with van der Waals surface area (Å²) in [5.74, 6) is -0.611. The lowest BCUT2D eigenvalue weighted by molar-refractivity contribution is -0.384. The van der Waals surface area contributed by atoms with Crippen LogP contribution in [-0.4, -0.2) is 13.8 Å². The molecule has 0 saturated heterocycles. The van der Waals surface area contributed by atoms with Crippen molar-refractivity contribution in [1.29, 1.82) is 0 Å². The van der Waals surface area contributed by atoms with Crippen molar-refractivity contribution in [2.45, 2.75) is 17.3 Å². The number of hydrogen-bond donors (Lipinski definition) is 0. The molecule has 0 amide bonds. The van der Waals surface area contributed by atoms with Crippen molar-refractivity contribution >= 4 is 40.0 Å². The molecular formula is C11H8Cl2N2O4. The van der Waals surface area contributed by atoms with Crippen LogP contribution in [0.1, 0.15) is 6.42 Å². The maximum atomic E-state index is 11.7. The SMILES string of the molecule is O=c1oc2ccc([N+](=O)[O-])cc2n1C[C@H]1CC1(Cl)Cl. The molecule has 1 fully saturated rings. The molecule has 6 nitrogen and oxygen atoms in total. The fraction of sp³-hybridized carbons (Fsp3) is 0.364. The van der Waals surface area contributed by atoms with E-state index in [1.54, 1.807) is 0 Å². The number of aromatic nitrogens is 1. The van der Waals surface area contributed by atoms with Gasteiger partial charge in [-0.05, 0) is 12.5 Å². The summed E-state index contributed by atoms with van der Waals surface area (Å²) in [6.45, 7) is 0.292. The lowest BCUT2D eigenvalue weighted by Crippen LogP contribution is -2.16. The van der Waals surface area contributed by atoms with Gasteiger partial charge in [-0.15, -0.1) is 23.2 Å². The van der Waals surface area contributed by atoms with Crippen molar-refractivity contribution in [2.24, 2.45) is 5.92 Å². The topological polar surface area (TPSA) is 78.3 Å². The minimum atomic E-state index is -0.816. The fourth-order valence-electron chi connectivity index (χ4n) is 2.03. The number of non-ortho nitro benzene ring substituents is 1. The molecule has 0 spiro atoms. The van der Waals surface area contributed by atoms with E-state index in [9.17, 15) is 14.9 Å². The van der Waals surface area contributed by atoms with Crippen LogP contribution in [0, 0.1) is 16.0 Å². The van der Waals surface area contributed by atoms with Gasteiger partial charge in [0.2, 0.25) is 0 Å². The van der Waals surface area contributed by atoms with Gasteiger partial charge in [-0.1, -0.05) is 0 Å². The molecule has 1 saturated carbocycles. The molecule has 1 atom stereocenters. The van der Waals surface area contributed by atoms with E-state index in [-0.39, 0.29) is 11.6 Å². The van der Waals surface area contributed by atoms with Gasteiger partial charge in [0, 0.05) is 24.6 Å². The lowest BCUT2D eigenvalue weighted by Gasteiger charge is -2.01. The van der Waals surface area contributed by atoms with Crippen LogP contribution in [0.5, 0.6) is 0 Å². The number of alkyl halides is 2. The third-order valence-electron chi connectivity index (χ3n) is 3.22. The first-order valence-electron chi connectivity index (χ1n) is 5.54. The van der Waals surface area contributed by atoms with Gasteiger partial charge in [-0.3, -0.25) is 14.7 Å². The lowest BCUT2D eigenvalue weighted by atomic mass is 10.3. The summed E-state index contributed by atoms with van der Waals surface area (Å²) in [6.07, 6.45) is 0.587. The molecule has 0 unspecified atom stereocenters. The van der Waals surface area contributed by atoms with Gasteiger partial charge in [0.25, 0.3) is 5.69 Å². The summed E-state index contributed by atoms with van der Waals surface area (Å²) in [5, 5.41) is 10.7. The molecule has 1 aliphatic carbocycles. The molecule has 2 aromatic rings. The Kier molecular flexibility index (Phi) is 2.62. The van der Waals surface area contributed by atoms with E-state index in [1.165, 1.54) is 22.8 Å². The molecule has 0 radical (unpaired) electrons. The van der Waals surface area contributed by atoms with Gasteiger partial charge in [0.1, 0.15) is 4.33 Å². The molecule has 1 aromatic heterocycles. The van der Waals surface area contributed by atoms with E-state index in [0.29, 0.717) is 24.1 Å². The van der Waals surface area contributed by atoms with Crippen LogP contribution in [0.4, 0.5) is 5.69 Å². The van der Waals surface area contributed by atoms with Gasteiger partial charge in [0.15, 0.2) is 5.58 Å². The third-order valence-corrected chi connectivity index (χ3v) is 4.15. The zero-order valence-electron chi connectivity index (χ0n) is 9.51. The van der Waals surface area contributed by atoms with E-state index < -0.39 is 15.0 Å². The van der Waals surface area contributed by atoms with E-state index in [2.05, 4.69) is 0 Å². The molecule has 1 aromatic carbocycles. The average molecular weight is 303 g/mol. The predicted octanol–water partition coefficient (Wildman–Crippen LogP) is 2.70. The maximum absolute atomic E-state index is 11.7. The summed E-state index contributed by atoms with van der Waals surface area (Å²) >= 11 is 11.8. The van der Waals surface area contributed by atoms with E-state index in [0.717, 1.165) is 0 Å². The predicted molar refractivity (Wildman–Crippen MR) is 69.7 cm³/mol. The summed E-state index contributed by atoms with van der Waals surface area (Å²) in [5.41, 5.74) is 0.599. The highest BCUT2D eigenvalue weighted by Crippen LogP contribution is 2.53. The Balaban J connectivity index is 2.07. The number of nitro benzene ring substituents is 1. The smallest absolute Gasteiger partial charge is 0.408 e. The van der Waals surface area contributed by atoms with Crippen LogP contribution >= 0.6 is 23.2 Å². The van der Waals surface area contributed by atoms with Crippen LogP contribution in [0.3, 0.4) is 0 Å². The Hall–Kier alpha value is -1.53. The zero-order valence-corrected chi connectivity index (χ0v) is 11.0. The molecule has 1 aliphatic rings. The van der Waals surface area contributed by atoms with E-state index >= 15 is 0 Å². The Morgan fingerprint density at radius 2 is 2.21 bits per heavy atom. The van der Waals surface area contributed by atoms with Gasteiger partial charge in [-0.2, -0.15) is 0 Å². The molecule has 3 rings (SSSR count). The molecule has 0 bridgehead atoms. The highest BCUT2D eigenvalue weighted by atomic mass is 35.5. The first kappa shape index (κ1) is 12.5. The summed E-state index contributed by atoms with van der Waals surface area (Å²) < 4.78 is 5.55. The maximum Gasteiger partial charge on any atom is 0.419 e. The second-order valence-electron chi connectivity index (χ2n) is 4.55. The largest absolute Gasteiger partial charge is 0.419 e. The second-order valence-corrected chi connectivity index (χ2v) is 6.09. The number of nitrogens with zero attached hydrogens (tertiary/aromatic N) is 2. The minimum absolute atomic E-state index is 0.0476. The Morgan fingerprint density at radius 1 is 1.53 bits per heavy atom. The second kappa shape index (κ2) is 3.98. The van der Waals surface area contributed by atoms with Gasteiger partial charge in [-0.25, -0.2) is 4.79 Å². The minimum Gasteiger partial charge on any atom is -0.408 e. The normalized spacial score (nSPS) is 20.6. The molecule has 0 aliphatic heterocycles. The van der Waals surface area contributed by atoms with Gasteiger partial charge < -0.3 is 4.42 Å². The van der Waals surface area contributed by atoms with Crippen LogP contribution in [0.2, 0.25) is 0 Å². The Bertz CT molecular complexity index is 734. The summed E-state index contributed by atoms with van der Waals surface area (Å²) in [6, 6.07) is 4.01. The highest BCUT2D eigenvalue weighted by Gasteiger charge is 2.51. The monoisotopic (exact) mass is 302 g/mol. The highest BCUT2D eigenvalue weighted by molar-refractivity contribution is 6.50. The number of fused-ring (bicyclic) bond motifs is 1. The van der Waals surface area contributed by atoms with Crippen LogP contribution in [-0.2, 0) is 6.54 Å². The summed E-state index contributed by atoms with van der Waals surface area (Å²) in [4.78, 5) is 22.0. The number of hydrogen-bond acceptors (Lipinski definition) is 4. The summed E-state index contributed by atoms with van der Waals surface area (Å²) in [7, 11) is 0. The van der Waals surface area contributed by atoms with E-state index in [4.69, 9.17) is 27.6 Å². The molecule has 0 N–H and O–H groups in total. The van der Waals surface area contributed by atoms with Gasteiger partial charge >= 0.3 is 5.76 Å². The fourth-order valence-corrected chi connectivity index (χ4v) is 2.54. The van der Waals surface area contributed by atoms with Crippen molar-refractivity contribution in [3.63, 3.8) is 0 Å². The van der Waals surface area contributed by atoms with Crippen molar-refractivity contribution in [1.82, 2.24) is 4.57 Å². The molecule has 1 heterocycles. The third kappa shape index (κ3) is 2.11. The number of oxazole rings is 1. The van der Waals surface area contributed by atoms with Crippen LogP contribution in [0.25, 0.3) is 11.1 Å². The van der Waals surface area contributed by atoms with Crippen molar-refractivity contribution < 1.29 is 9.34 Å². The zero-order chi connectivity index (χ0) is 13.8. The first-order chi connectivity index (χ1) is 8.88. The van der Waals surface area contributed by atoms with Gasteiger partial charge in [0.05, 0.1) is 10.4 Å². The number of rotatable bonds is 3. The Morgan fingerprint density at radius 3 is 2.79 bits per heavy atom. The molecular weight excluding hydrogens is 295 g/mol. The van der Waals surface area contributed by atoms with Crippen molar-refractivity contribution in [2.75, 3.05) is 0 Å². The van der Waals surface area contributed by atoms with E-state index in [1.807, 2.05) is 0 Å². The first-order valence-corrected chi connectivity index (χ1v) is 6.30. The number of nitro groups is 1. The standard InChI is InChI=1S/C11H8Cl2N2O4/c12-11(13)4-6(11)5-14-8-3-7(15(17)18)1-2-9(8)19-10(14)16/h1-3,6H,4-5H2/t6-/m1/s1. The average Bonchev–Trinajstić information content (AvgIpc) is 2.80. The number of halogens is 2. The number of benzene rings is 1. The van der Waals surface area contributed by atoms with Crippen LogP contribution < -0.4 is 5.76 Å². The van der Waals surface area contributed by atoms with Crippen molar-refractivity contribution in [3.8, 4) is 0 Å². The quantitative estimate of drug-likeness (QED) is 0.496. The molecule has 8 heteroatoms. The molecule has 19 heavy (non-hydrogen) atoms.